The predicted molar refractivity (Wildman–Crippen MR) is 119 cm³/mol. The van der Waals surface area contributed by atoms with Crippen LogP contribution in [-0.2, 0) is 16.1 Å². The van der Waals surface area contributed by atoms with Gasteiger partial charge >= 0.3 is 12.0 Å². The quantitative estimate of drug-likeness (QED) is 0.638. The van der Waals surface area contributed by atoms with E-state index in [1.807, 2.05) is 11.0 Å². The Kier molecular flexibility index (Phi) is 7.70. The first-order valence-corrected chi connectivity index (χ1v) is 11.7. The zero-order valence-electron chi connectivity index (χ0n) is 18.9. The maximum atomic E-state index is 12.5. The Morgan fingerprint density at radius 2 is 1.94 bits per heavy atom. The first kappa shape index (κ1) is 22.7. The molecule has 1 aromatic rings. The average Bonchev–Trinajstić information content (AvgIpc) is 3.28. The molecule has 0 aromatic heterocycles. The minimum atomic E-state index is -0.275. The molecule has 0 aliphatic carbocycles. The van der Waals surface area contributed by atoms with Crippen molar-refractivity contribution in [2.75, 3.05) is 59.2 Å². The summed E-state index contributed by atoms with van der Waals surface area (Å²) in [7, 11) is 0. The molecule has 1 aromatic carbocycles. The molecular weight excluding hydrogens is 412 g/mol. The number of benzene rings is 1. The number of carbonyl (C=O) groups excluding carboxylic acids is 2. The van der Waals surface area contributed by atoms with E-state index in [1.165, 1.54) is 5.56 Å². The van der Waals surface area contributed by atoms with Crippen LogP contribution in [0.2, 0.25) is 0 Å². The highest BCUT2D eigenvalue weighted by atomic mass is 16.7. The van der Waals surface area contributed by atoms with E-state index >= 15 is 0 Å². The van der Waals surface area contributed by atoms with Crippen LogP contribution < -0.4 is 14.8 Å². The van der Waals surface area contributed by atoms with E-state index in [2.05, 4.69) is 27.2 Å². The molecule has 3 aliphatic rings. The molecular formula is C23H34N4O5. The number of urea groups is 1. The minimum Gasteiger partial charge on any atom is -0.466 e. The second kappa shape index (κ2) is 10.9. The molecule has 1 N–H and O–H groups in total. The van der Waals surface area contributed by atoms with E-state index in [0.29, 0.717) is 26.0 Å². The van der Waals surface area contributed by atoms with E-state index in [1.54, 1.807) is 6.92 Å². The molecule has 0 spiro atoms. The summed E-state index contributed by atoms with van der Waals surface area (Å²) in [6.45, 7) is 9.22. The van der Waals surface area contributed by atoms with Crippen molar-refractivity contribution in [1.82, 2.24) is 20.0 Å². The van der Waals surface area contributed by atoms with Crippen LogP contribution in [0.4, 0.5) is 4.79 Å². The summed E-state index contributed by atoms with van der Waals surface area (Å²) in [6, 6.07) is 6.49. The van der Waals surface area contributed by atoms with Gasteiger partial charge in [-0.3, -0.25) is 14.6 Å². The van der Waals surface area contributed by atoms with Gasteiger partial charge < -0.3 is 24.4 Å². The molecule has 1 unspecified atom stereocenters. The third-order valence-corrected chi connectivity index (χ3v) is 6.36. The van der Waals surface area contributed by atoms with Gasteiger partial charge in [0, 0.05) is 58.4 Å². The molecule has 3 aliphatic heterocycles. The summed E-state index contributed by atoms with van der Waals surface area (Å²) in [6.07, 6.45) is 2.34. The first-order valence-electron chi connectivity index (χ1n) is 11.7. The van der Waals surface area contributed by atoms with Crippen molar-refractivity contribution in [2.24, 2.45) is 0 Å². The lowest BCUT2D eigenvalue weighted by atomic mass is 10.0. The Balaban J connectivity index is 1.19. The average molecular weight is 447 g/mol. The van der Waals surface area contributed by atoms with E-state index in [4.69, 9.17) is 14.2 Å². The summed E-state index contributed by atoms with van der Waals surface area (Å²) in [5, 5.41) is 2.86. The van der Waals surface area contributed by atoms with Gasteiger partial charge in [-0.2, -0.15) is 0 Å². The lowest BCUT2D eigenvalue weighted by Gasteiger charge is -2.43. The van der Waals surface area contributed by atoms with Gasteiger partial charge in [0.15, 0.2) is 11.5 Å². The standard InChI is InChI=1S/C23H34N4O5/c1-2-30-22(28)7-8-24-23(29)27-9-3-4-19(16-27)26-12-10-25(11-13-26)15-18-5-6-20-21(14-18)32-17-31-20/h5-6,14,19H,2-4,7-13,15-17H2,1H3,(H,24,29). The maximum absolute atomic E-state index is 12.5. The Hall–Kier alpha value is -2.52. The number of nitrogens with one attached hydrogen (secondary N) is 1. The molecule has 4 rings (SSSR count). The topological polar surface area (TPSA) is 83.6 Å². The number of amides is 2. The van der Waals surface area contributed by atoms with Crippen LogP contribution in [-0.4, -0.2) is 92.0 Å². The number of hydrogen-bond acceptors (Lipinski definition) is 7. The Labute approximate surface area is 189 Å². The fourth-order valence-corrected chi connectivity index (χ4v) is 4.64. The van der Waals surface area contributed by atoms with Crippen LogP contribution in [0.15, 0.2) is 18.2 Å². The van der Waals surface area contributed by atoms with E-state index in [-0.39, 0.29) is 18.4 Å². The molecule has 2 amide bonds. The number of ether oxygens (including phenoxy) is 3. The number of rotatable bonds is 7. The zero-order valence-corrected chi connectivity index (χ0v) is 18.9. The lowest BCUT2D eigenvalue weighted by Crippen LogP contribution is -2.56. The van der Waals surface area contributed by atoms with Crippen molar-refractivity contribution >= 4 is 12.0 Å². The Morgan fingerprint density at radius 3 is 2.75 bits per heavy atom. The molecule has 0 saturated carbocycles. The van der Waals surface area contributed by atoms with Crippen LogP contribution in [0, 0.1) is 0 Å². The third kappa shape index (κ3) is 5.83. The number of likely N-dealkylation sites (tertiary alicyclic amines) is 1. The van der Waals surface area contributed by atoms with Gasteiger partial charge in [0.1, 0.15) is 0 Å². The van der Waals surface area contributed by atoms with Gasteiger partial charge in [0.05, 0.1) is 13.0 Å². The molecule has 32 heavy (non-hydrogen) atoms. The smallest absolute Gasteiger partial charge is 0.317 e. The number of fused-ring (bicyclic) bond motifs is 1. The van der Waals surface area contributed by atoms with Gasteiger partial charge in [0.2, 0.25) is 6.79 Å². The third-order valence-electron chi connectivity index (χ3n) is 6.36. The van der Waals surface area contributed by atoms with Crippen molar-refractivity contribution in [3.63, 3.8) is 0 Å². The number of piperidine rings is 1. The second-order valence-corrected chi connectivity index (χ2v) is 8.53. The fraction of sp³-hybridized carbons (Fsp3) is 0.652. The summed E-state index contributed by atoms with van der Waals surface area (Å²) in [5.41, 5.74) is 1.24. The fourth-order valence-electron chi connectivity index (χ4n) is 4.64. The van der Waals surface area contributed by atoms with Crippen LogP contribution in [0.25, 0.3) is 0 Å². The molecule has 9 heteroatoms. The molecule has 3 heterocycles. The highest BCUT2D eigenvalue weighted by Crippen LogP contribution is 2.33. The molecule has 2 saturated heterocycles. The van der Waals surface area contributed by atoms with Gasteiger partial charge in [-0.1, -0.05) is 6.07 Å². The van der Waals surface area contributed by atoms with Crippen molar-refractivity contribution < 1.29 is 23.8 Å². The van der Waals surface area contributed by atoms with Crippen LogP contribution in [0.1, 0.15) is 31.7 Å². The molecule has 0 bridgehead atoms. The molecule has 9 nitrogen and oxygen atoms in total. The van der Waals surface area contributed by atoms with E-state index < -0.39 is 0 Å². The minimum absolute atomic E-state index is 0.0829. The zero-order chi connectivity index (χ0) is 22.3. The number of esters is 1. The number of piperazine rings is 1. The van der Waals surface area contributed by atoms with Crippen molar-refractivity contribution in [3.8, 4) is 11.5 Å². The van der Waals surface area contributed by atoms with E-state index in [0.717, 1.165) is 70.2 Å². The highest BCUT2D eigenvalue weighted by molar-refractivity contribution is 5.75. The molecule has 176 valence electrons. The summed E-state index contributed by atoms with van der Waals surface area (Å²) >= 11 is 0. The number of hydrogen-bond donors (Lipinski definition) is 1. The van der Waals surface area contributed by atoms with Crippen molar-refractivity contribution in [2.45, 2.75) is 38.8 Å². The number of carbonyl (C=O) groups is 2. The van der Waals surface area contributed by atoms with Gasteiger partial charge in [0.25, 0.3) is 0 Å². The highest BCUT2D eigenvalue weighted by Gasteiger charge is 2.30. The molecule has 1 atom stereocenters. The van der Waals surface area contributed by atoms with E-state index in [9.17, 15) is 9.59 Å². The maximum Gasteiger partial charge on any atom is 0.317 e. The normalized spacial score (nSPS) is 21.4. The monoisotopic (exact) mass is 446 g/mol. The van der Waals surface area contributed by atoms with Crippen LogP contribution >= 0.6 is 0 Å². The second-order valence-electron chi connectivity index (χ2n) is 8.53. The molecule has 2 fully saturated rings. The van der Waals surface area contributed by atoms with Gasteiger partial charge in [-0.05, 0) is 37.5 Å². The van der Waals surface area contributed by atoms with Gasteiger partial charge in [-0.15, -0.1) is 0 Å². The summed E-state index contributed by atoms with van der Waals surface area (Å²) in [5.74, 6) is 1.39. The summed E-state index contributed by atoms with van der Waals surface area (Å²) < 4.78 is 15.8. The summed E-state index contributed by atoms with van der Waals surface area (Å²) in [4.78, 5) is 30.8. The predicted octanol–water partition coefficient (Wildman–Crippen LogP) is 1.66. The largest absolute Gasteiger partial charge is 0.466 e. The Morgan fingerprint density at radius 1 is 1.12 bits per heavy atom. The van der Waals surface area contributed by atoms with Crippen molar-refractivity contribution in [3.05, 3.63) is 23.8 Å². The SMILES string of the molecule is CCOC(=O)CCNC(=O)N1CCCC(N2CCN(Cc3ccc4c(c3)OCO4)CC2)C1. The van der Waals surface area contributed by atoms with Crippen molar-refractivity contribution in [1.29, 1.82) is 0 Å². The number of nitrogens with zero attached hydrogens (tertiary/aromatic N) is 3. The first-order chi connectivity index (χ1) is 15.6. The van der Waals surface area contributed by atoms with Crippen LogP contribution in [0.5, 0.6) is 11.5 Å². The van der Waals surface area contributed by atoms with Crippen LogP contribution in [0.3, 0.4) is 0 Å². The Bertz CT molecular complexity index is 797. The van der Waals surface area contributed by atoms with Gasteiger partial charge in [-0.25, -0.2) is 4.79 Å². The lowest BCUT2D eigenvalue weighted by molar-refractivity contribution is -0.142. The molecule has 0 radical (unpaired) electrons.